The van der Waals surface area contributed by atoms with Crippen LogP contribution in [-0.4, -0.2) is 53.6 Å². The molecule has 34 heavy (non-hydrogen) atoms. The zero-order valence-corrected chi connectivity index (χ0v) is 19.2. The lowest BCUT2D eigenvalue weighted by molar-refractivity contribution is -0.114. The second kappa shape index (κ2) is 9.23. The average Bonchev–Trinajstić information content (AvgIpc) is 2.98. The van der Waals surface area contributed by atoms with E-state index in [-0.39, 0.29) is 17.6 Å². The molecule has 0 spiro atoms. The van der Waals surface area contributed by atoms with E-state index < -0.39 is 0 Å². The van der Waals surface area contributed by atoms with Gasteiger partial charge in [-0.05, 0) is 35.7 Å². The molecule has 2 amide bonds. The van der Waals surface area contributed by atoms with Crippen LogP contribution in [0.2, 0.25) is 0 Å². The highest BCUT2D eigenvalue weighted by Gasteiger charge is 2.31. The van der Waals surface area contributed by atoms with Crippen molar-refractivity contribution in [1.29, 1.82) is 0 Å². The first-order valence-corrected chi connectivity index (χ1v) is 11.7. The maximum Gasteiger partial charge on any atom is 0.254 e. The molecule has 0 radical (unpaired) electrons. The molecule has 6 heteroatoms. The third-order valence-electron chi connectivity index (χ3n) is 6.54. The second-order valence-corrected chi connectivity index (χ2v) is 8.90. The number of anilines is 1. The predicted molar refractivity (Wildman–Crippen MR) is 132 cm³/mol. The van der Waals surface area contributed by atoms with Gasteiger partial charge in [-0.1, -0.05) is 48.5 Å². The predicted octanol–water partition coefficient (Wildman–Crippen LogP) is 4.20. The number of nitrogens with zero attached hydrogens (tertiary/aromatic N) is 2. The van der Waals surface area contributed by atoms with E-state index in [1.165, 1.54) is 12.5 Å². The van der Waals surface area contributed by atoms with Crippen LogP contribution >= 0.6 is 0 Å². The lowest BCUT2D eigenvalue weighted by Gasteiger charge is -2.23. The lowest BCUT2D eigenvalue weighted by Crippen LogP contribution is -2.35. The molecule has 0 saturated carbocycles. The minimum Gasteiger partial charge on any atom is -0.337 e. The molecule has 5 rings (SSSR count). The first-order valence-electron chi connectivity index (χ1n) is 11.7. The molecule has 1 saturated heterocycles. The summed E-state index contributed by atoms with van der Waals surface area (Å²) in [5.41, 5.74) is 5.48. The highest BCUT2D eigenvalue weighted by molar-refractivity contribution is 6.24. The topological polar surface area (TPSA) is 69.7 Å². The molecule has 0 aromatic heterocycles. The van der Waals surface area contributed by atoms with E-state index in [0.29, 0.717) is 29.8 Å². The molecule has 0 atom stereocenters. The quantitative estimate of drug-likeness (QED) is 0.503. The normalized spacial score (nSPS) is 15.4. The van der Waals surface area contributed by atoms with Crippen LogP contribution in [0.1, 0.15) is 45.2 Å². The van der Waals surface area contributed by atoms with Crippen LogP contribution in [0.25, 0.3) is 11.1 Å². The Morgan fingerprint density at radius 1 is 0.824 bits per heavy atom. The summed E-state index contributed by atoms with van der Waals surface area (Å²) in [7, 11) is 0. The van der Waals surface area contributed by atoms with Crippen molar-refractivity contribution in [2.24, 2.45) is 0 Å². The van der Waals surface area contributed by atoms with E-state index in [0.717, 1.165) is 42.9 Å². The number of carbonyl (C=O) groups excluding carboxylic acids is 3. The maximum absolute atomic E-state index is 13.6. The molecule has 0 unspecified atom stereocenters. The summed E-state index contributed by atoms with van der Waals surface area (Å²) in [6, 6.07) is 20.9. The molecule has 1 fully saturated rings. The highest BCUT2D eigenvalue weighted by atomic mass is 16.2. The number of hydrogen-bond acceptors (Lipinski definition) is 4. The third kappa shape index (κ3) is 4.24. The Morgan fingerprint density at radius 3 is 2.32 bits per heavy atom. The van der Waals surface area contributed by atoms with Crippen molar-refractivity contribution >= 4 is 23.3 Å². The number of benzene rings is 3. The highest BCUT2D eigenvalue weighted by Crippen LogP contribution is 2.39. The molecule has 2 aliphatic rings. The fourth-order valence-electron chi connectivity index (χ4n) is 4.91. The van der Waals surface area contributed by atoms with Crippen LogP contribution < -0.4 is 5.32 Å². The van der Waals surface area contributed by atoms with E-state index >= 15 is 0 Å². The van der Waals surface area contributed by atoms with Gasteiger partial charge < -0.3 is 10.2 Å². The number of carbonyl (C=O) groups is 3. The summed E-state index contributed by atoms with van der Waals surface area (Å²) in [5, 5.41) is 2.79. The average molecular weight is 454 g/mol. The van der Waals surface area contributed by atoms with E-state index in [2.05, 4.69) is 10.2 Å². The minimum atomic E-state index is -0.0815. The molecule has 1 N–H and O–H groups in total. The third-order valence-corrected chi connectivity index (χ3v) is 6.54. The van der Waals surface area contributed by atoms with E-state index in [4.69, 9.17) is 0 Å². The Morgan fingerprint density at radius 2 is 1.56 bits per heavy atom. The van der Waals surface area contributed by atoms with E-state index in [9.17, 15) is 14.4 Å². The smallest absolute Gasteiger partial charge is 0.254 e. The first kappa shape index (κ1) is 22.0. The Balaban J connectivity index is 1.29. The maximum atomic E-state index is 13.6. The fraction of sp³-hybridized carbons (Fsp3) is 0.250. The number of nitrogens with one attached hydrogen (secondary N) is 1. The summed E-state index contributed by atoms with van der Waals surface area (Å²) in [5.74, 6) is -0.100. The van der Waals surface area contributed by atoms with Crippen molar-refractivity contribution in [2.45, 2.75) is 19.9 Å². The summed E-state index contributed by atoms with van der Waals surface area (Å²) in [6.07, 6.45) is 0.889. The number of ketones is 1. The summed E-state index contributed by atoms with van der Waals surface area (Å²) < 4.78 is 0. The van der Waals surface area contributed by atoms with Gasteiger partial charge in [-0.15, -0.1) is 0 Å². The first-order chi connectivity index (χ1) is 16.5. The van der Waals surface area contributed by atoms with Gasteiger partial charge in [0.25, 0.3) is 5.91 Å². The van der Waals surface area contributed by atoms with Crippen molar-refractivity contribution in [1.82, 2.24) is 9.80 Å². The monoisotopic (exact) mass is 453 g/mol. The fourth-order valence-corrected chi connectivity index (χ4v) is 4.91. The molecule has 6 nitrogen and oxygen atoms in total. The minimum absolute atomic E-state index is 0.00758. The van der Waals surface area contributed by atoms with Crippen LogP contribution in [0, 0.1) is 0 Å². The second-order valence-electron chi connectivity index (χ2n) is 8.90. The van der Waals surface area contributed by atoms with Gasteiger partial charge in [-0.3, -0.25) is 19.3 Å². The number of rotatable bonds is 4. The Kier molecular flexibility index (Phi) is 5.99. The van der Waals surface area contributed by atoms with E-state index in [1.807, 2.05) is 71.6 Å². The molecule has 1 aliphatic carbocycles. The van der Waals surface area contributed by atoms with Gasteiger partial charge in [0.2, 0.25) is 5.91 Å². The SMILES string of the molecule is CC(=O)Nc1ccc(CN2CCCN(C(=O)c3cccc4c3-c3ccccc3C4=O)CC2)cc1. The summed E-state index contributed by atoms with van der Waals surface area (Å²) in [6.45, 7) is 5.32. The van der Waals surface area contributed by atoms with E-state index in [1.54, 1.807) is 0 Å². The lowest BCUT2D eigenvalue weighted by atomic mass is 9.98. The van der Waals surface area contributed by atoms with Gasteiger partial charge in [0, 0.05) is 67.6 Å². The molecule has 3 aromatic carbocycles. The molecular formula is C28H27N3O3. The van der Waals surface area contributed by atoms with Crippen molar-refractivity contribution in [3.05, 3.63) is 89.0 Å². The van der Waals surface area contributed by atoms with Crippen molar-refractivity contribution in [2.75, 3.05) is 31.5 Å². The van der Waals surface area contributed by atoms with Crippen molar-refractivity contribution in [3.8, 4) is 11.1 Å². The van der Waals surface area contributed by atoms with Gasteiger partial charge in [-0.25, -0.2) is 0 Å². The van der Waals surface area contributed by atoms with Gasteiger partial charge in [0.1, 0.15) is 0 Å². The molecule has 0 bridgehead atoms. The summed E-state index contributed by atoms with van der Waals surface area (Å²) in [4.78, 5) is 41.9. The Hall–Kier alpha value is -3.77. The van der Waals surface area contributed by atoms with Crippen molar-refractivity contribution in [3.63, 3.8) is 0 Å². The molecule has 3 aromatic rings. The standard InChI is InChI=1S/C28H27N3O3/c1-19(32)29-21-12-10-20(11-13-21)18-30-14-5-15-31(17-16-30)28(34)25-9-4-8-24-26(25)22-6-2-3-7-23(22)27(24)33/h2-4,6-13H,5,14-18H2,1H3,(H,29,32). The van der Waals surface area contributed by atoms with Crippen LogP contribution in [0.3, 0.4) is 0 Å². The number of fused-ring (bicyclic) bond motifs is 3. The summed E-state index contributed by atoms with van der Waals surface area (Å²) >= 11 is 0. The van der Waals surface area contributed by atoms with Crippen molar-refractivity contribution < 1.29 is 14.4 Å². The Bertz CT molecular complexity index is 1270. The van der Waals surface area contributed by atoms with Gasteiger partial charge in [0.05, 0.1) is 0 Å². The zero-order valence-electron chi connectivity index (χ0n) is 19.2. The van der Waals surface area contributed by atoms with Crippen LogP contribution in [0.5, 0.6) is 0 Å². The number of hydrogen-bond donors (Lipinski definition) is 1. The van der Waals surface area contributed by atoms with Gasteiger partial charge in [0.15, 0.2) is 5.78 Å². The largest absolute Gasteiger partial charge is 0.337 e. The van der Waals surface area contributed by atoms with Gasteiger partial charge in [-0.2, -0.15) is 0 Å². The van der Waals surface area contributed by atoms with Crippen LogP contribution in [-0.2, 0) is 11.3 Å². The molecule has 172 valence electrons. The zero-order chi connectivity index (χ0) is 23.7. The Labute approximate surface area is 199 Å². The number of amides is 2. The molecular weight excluding hydrogens is 426 g/mol. The molecule has 1 heterocycles. The molecule has 1 aliphatic heterocycles. The van der Waals surface area contributed by atoms with Crippen LogP contribution in [0.15, 0.2) is 66.7 Å². The van der Waals surface area contributed by atoms with Gasteiger partial charge >= 0.3 is 0 Å². The van der Waals surface area contributed by atoms with Crippen LogP contribution in [0.4, 0.5) is 5.69 Å².